The predicted octanol–water partition coefficient (Wildman–Crippen LogP) is 3.51. The van der Waals surface area contributed by atoms with E-state index in [1.807, 2.05) is 0 Å². The maximum Gasteiger partial charge on any atom is 0.150 e. The van der Waals surface area contributed by atoms with E-state index in [0.717, 1.165) is 10.0 Å². The first-order valence-corrected chi connectivity index (χ1v) is 8.06. The first kappa shape index (κ1) is 15.1. The van der Waals surface area contributed by atoms with E-state index in [4.69, 9.17) is 0 Å². The Morgan fingerprint density at radius 3 is 2.25 bits per heavy atom. The SMILES string of the molecule is O=C(Cc1ccc(F)cc1)CS(=O)c1ccc(Br)cc1. The summed E-state index contributed by atoms with van der Waals surface area (Å²) in [6, 6.07) is 12.8. The molecule has 0 fully saturated rings. The molecule has 0 bridgehead atoms. The Kier molecular flexibility index (Phi) is 5.20. The Bertz CT molecular complexity index is 623. The maximum atomic E-state index is 12.8. The molecule has 0 N–H and O–H groups in total. The van der Waals surface area contributed by atoms with Gasteiger partial charge >= 0.3 is 0 Å². The van der Waals surface area contributed by atoms with Crippen LogP contribution >= 0.6 is 15.9 Å². The average molecular weight is 355 g/mol. The molecule has 0 saturated heterocycles. The van der Waals surface area contributed by atoms with Gasteiger partial charge in [-0.3, -0.25) is 9.00 Å². The highest BCUT2D eigenvalue weighted by Crippen LogP contribution is 2.14. The quantitative estimate of drug-likeness (QED) is 0.823. The average Bonchev–Trinajstić information content (AvgIpc) is 2.42. The highest BCUT2D eigenvalue weighted by molar-refractivity contribution is 9.10. The normalized spacial score (nSPS) is 12.1. The van der Waals surface area contributed by atoms with E-state index in [1.54, 1.807) is 36.4 Å². The summed E-state index contributed by atoms with van der Waals surface area (Å²) < 4.78 is 25.7. The summed E-state index contributed by atoms with van der Waals surface area (Å²) in [5.41, 5.74) is 0.726. The second-order valence-electron chi connectivity index (χ2n) is 4.29. The highest BCUT2D eigenvalue weighted by Gasteiger charge is 2.11. The van der Waals surface area contributed by atoms with Crippen LogP contribution in [0.15, 0.2) is 57.9 Å². The summed E-state index contributed by atoms with van der Waals surface area (Å²) in [4.78, 5) is 12.5. The van der Waals surface area contributed by atoms with Gasteiger partial charge in [-0.2, -0.15) is 0 Å². The van der Waals surface area contributed by atoms with E-state index in [1.165, 1.54) is 12.1 Å². The van der Waals surface area contributed by atoms with E-state index in [9.17, 15) is 13.4 Å². The van der Waals surface area contributed by atoms with Crippen molar-refractivity contribution in [3.05, 3.63) is 64.4 Å². The van der Waals surface area contributed by atoms with Gasteiger partial charge in [0.25, 0.3) is 0 Å². The van der Waals surface area contributed by atoms with Crippen molar-refractivity contribution < 1.29 is 13.4 Å². The largest absolute Gasteiger partial charge is 0.298 e. The molecule has 0 aliphatic rings. The zero-order chi connectivity index (χ0) is 14.5. The maximum absolute atomic E-state index is 12.8. The number of carbonyl (C=O) groups is 1. The van der Waals surface area contributed by atoms with Crippen LogP contribution in [0, 0.1) is 5.82 Å². The van der Waals surface area contributed by atoms with E-state index < -0.39 is 10.8 Å². The van der Waals surface area contributed by atoms with Gasteiger partial charge in [0.05, 0.1) is 16.6 Å². The first-order valence-electron chi connectivity index (χ1n) is 5.94. The molecule has 0 heterocycles. The van der Waals surface area contributed by atoms with Crippen LogP contribution in [0.25, 0.3) is 0 Å². The molecule has 1 atom stereocenters. The molecule has 2 rings (SSSR count). The Hall–Kier alpha value is -1.33. The molecule has 0 aliphatic heterocycles. The van der Waals surface area contributed by atoms with Crippen LogP contribution in [0.2, 0.25) is 0 Å². The third kappa shape index (κ3) is 4.35. The molecule has 0 aliphatic carbocycles. The number of rotatable bonds is 5. The summed E-state index contributed by atoms with van der Waals surface area (Å²) >= 11 is 3.30. The minimum absolute atomic E-state index is 0.0288. The Morgan fingerprint density at radius 1 is 1.05 bits per heavy atom. The van der Waals surface area contributed by atoms with Crippen molar-refractivity contribution in [2.45, 2.75) is 11.3 Å². The third-order valence-electron chi connectivity index (χ3n) is 2.68. The number of carbonyl (C=O) groups excluding carboxylic acids is 1. The lowest BCUT2D eigenvalue weighted by Gasteiger charge is -2.03. The van der Waals surface area contributed by atoms with Crippen molar-refractivity contribution in [1.29, 1.82) is 0 Å². The van der Waals surface area contributed by atoms with Crippen LogP contribution in [-0.2, 0) is 22.0 Å². The van der Waals surface area contributed by atoms with Crippen LogP contribution in [0.4, 0.5) is 4.39 Å². The molecule has 1 unspecified atom stereocenters. The second-order valence-corrected chi connectivity index (χ2v) is 6.65. The Balaban J connectivity index is 1.95. The van der Waals surface area contributed by atoms with Crippen LogP contribution in [0.1, 0.15) is 5.56 Å². The molecular formula is C15H12BrFO2S. The number of Topliss-reactive ketones (excluding diaryl/α,β-unsaturated/α-hetero) is 1. The molecule has 20 heavy (non-hydrogen) atoms. The van der Waals surface area contributed by atoms with Crippen LogP contribution in [0.3, 0.4) is 0 Å². The van der Waals surface area contributed by atoms with Gasteiger partial charge in [0.2, 0.25) is 0 Å². The summed E-state index contributed by atoms with van der Waals surface area (Å²) in [6.07, 6.45) is 0.169. The van der Waals surface area contributed by atoms with E-state index in [-0.39, 0.29) is 23.8 Å². The summed E-state index contributed by atoms with van der Waals surface area (Å²) in [7, 11) is -1.34. The molecule has 0 aromatic heterocycles. The van der Waals surface area contributed by atoms with Crippen molar-refractivity contribution in [3.8, 4) is 0 Å². The topological polar surface area (TPSA) is 34.1 Å². The van der Waals surface area contributed by atoms with Crippen molar-refractivity contribution in [2.75, 3.05) is 5.75 Å². The third-order valence-corrected chi connectivity index (χ3v) is 4.59. The standard InChI is InChI=1S/C15H12BrFO2S/c16-12-3-7-15(8-4-12)20(19)10-14(18)9-11-1-5-13(17)6-2-11/h1-8H,9-10H2. The van der Waals surface area contributed by atoms with Crippen molar-refractivity contribution in [2.24, 2.45) is 0 Å². The molecule has 2 aromatic carbocycles. The zero-order valence-corrected chi connectivity index (χ0v) is 12.9. The molecule has 0 spiro atoms. The lowest BCUT2D eigenvalue weighted by Crippen LogP contribution is -2.13. The fraction of sp³-hybridized carbons (Fsp3) is 0.133. The molecule has 104 valence electrons. The van der Waals surface area contributed by atoms with Gasteiger partial charge in [-0.1, -0.05) is 28.1 Å². The molecule has 2 nitrogen and oxygen atoms in total. The number of benzene rings is 2. The van der Waals surface area contributed by atoms with Gasteiger partial charge in [-0.15, -0.1) is 0 Å². The van der Waals surface area contributed by atoms with E-state index in [2.05, 4.69) is 15.9 Å². The van der Waals surface area contributed by atoms with Gasteiger partial charge in [0, 0.05) is 15.8 Å². The number of hydrogen-bond donors (Lipinski definition) is 0. The second kappa shape index (κ2) is 6.90. The molecule has 0 saturated carbocycles. The van der Waals surface area contributed by atoms with Crippen LogP contribution in [0.5, 0.6) is 0 Å². The van der Waals surface area contributed by atoms with Gasteiger partial charge in [0.15, 0.2) is 0 Å². The lowest BCUT2D eigenvalue weighted by atomic mass is 10.1. The molecule has 0 amide bonds. The zero-order valence-electron chi connectivity index (χ0n) is 10.5. The Morgan fingerprint density at radius 2 is 1.65 bits per heavy atom. The summed E-state index contributed by atoms with van der Waals surface area (Å²) in [6.45, 7) is 0. The van der Waals surface area contributed by atoms with Crippen molar-refractivity contribution in [1.82, 2.24) is 0 Å². The van der Waals surface area contributed by atoms with Gasteiger partial charge in [0.1, 0.15) is 11.6 Å². The minimum atomic E-state index is -1.34. The fourth-order valence-electron chi connectivity index (χ4n) is 1.70. The summed E-state index contributed by atoms with van der Waals surface area (Å²) in [5.74, 6) is -0.489. The number of ketones is 1. The smallest absolute Gasteiger partial charge is 0.150 e. The monoisotopic (exact) mass is 354 g/mol. The van der Waals surface area contributed by atoms with Crippen molar-refractivity contribution in [3.63, 3.8) is 0 Å². The highest BCUT2D eigenvalue weighted by atomic mass is 79.9. The number of halogens is 2. The first-order chi connectivity index (χ1) is 9.54. The molecular weight excluding hydrogens is 343 g/mol. The minimum Gasteiger partial charge on any atom is -0.298 e. The number of hydrogen-bond acceptors (Lipinski definition) is 2. The molecule has 0 radical (unpaired) electrons. The fourth-order valence-corrected chi connectivity index (χ4v) is 2.96. The van der Waals surface area contributed by atoms with Gasteiger partial charge in [-0.05, 0) is 42.0 Å². The lowest BCUT2D eigenvalue weighted by molar-refractivity contribution is -0.116. The Labute approximate surface area is 127 Å². The van der Waals surface area contributed by atoms with Crippen molar-refractivity contribution >= 4 is 32.5 Å². The molecule has 2 aromatic rings. The predicted molar refractivity (Wildman–Crippen MR) is 80.5 cm³/mol. The van der Waals surface area contributed by atoms with Gasteiger partial charge < -0.3 is 0 Å². The van der Waals surface area contributed by atoms with Crippen LogP contribution < -0.4 is 0 Å². The van der Waals surface area contributed by atoms with E-state index >= 15 is 0 Å². The van der Waals surface area contributed by atoms with Crippen LogP contribution in [-0.4, -0.2) is 15.7 Å². The molecule has 5 heteroatoms. The van der Waals surface area contributed by atoms with E-state index in [0.29, 0.717) is 4.90 Å². The summed E-state index contributed by atoms with van der Waals surface area (Å²) in [5, 5.41) is 0. The van der Waals surface area contributed by atoms with Gasteiger partial charge in [-0.25, -0.2) is 4.39 Å².